The summed E-state index contributed by atoms with van der Waals surface area (Å²) < 4.78 is 5.80. The maximum atomic E-state index is 11.6. The molecular weight excluding hydrogens is 342 g/mol. The van der Waals surface area contributed by atoms with Crippen LogP contribution in [0.15, 0.2) is 59.2 Å². The molecule has 1 aromatic carbocycles. The summed E-state index contributed by atoms with van der Waals surface area (Å²) in [5.74, 6) is 0.964. The number of Topliss-reactive ketones (excluding diaryl/α,β-unsaturated/α-hetero) is 1. The smallest absolute Gasteiger partial charge is 0.270 e. The highest BCUT2D eigenvalue weighted by Crippen LogP contribution is 2.29. The fraction of sp³-hybridized carbons (Fsp3) is 0.150. The summed E-state index contributed by atoms with van der Waals surface area (Å²) in [5.41, 5.74) is 8.25. The molecule has 7 heteroatoms. The molecule has 1 aliphatic carbocycles. The third-order valence-corrected chi connectivity index (χ3v) is 4.31. The Bertz CT molecular complexity index is 1070. The van der Waals surface area contributed by atoms with Gasteiger partial charge in [-0.05, 0) is 19.4 Å². The second-order valence-electron chi connectivity index (χ2n) is 6.23. The van der Waals surface area contributed by atoms with Crippen molar-refractivity contribution in [2.45, 2.75) is 19.3 Å². The van der Waals surface area contributed by atoms with Gasteiger partial charge in [0.05, 0.1) is 17.8 Å². The first-order chi connectivity index (χ1) is 13.1. The van der Waals surface area contributed by atoms with Crippen molar-refractivity contribution in [3.05, 3.63) is 66.2 Å². The highest BCUT2D eigenvalue weighted by molar-refractivity contribution is 5.95. The van der Waals surface area contributed by atoms with Gasteiger partial charge in [-0.1, -0.05) is 42.5 Å². The Morgan fingerprint density at radius 3 is 2.93 bits per heavy atom. The summed E-state index contributed by atoms with van der Waals surface area (Å²) in [6.45, 7) is 1.52. The zero-order valence-corrected chi connectivity index (χ0v) is 14.7. The minimum atomic E-state index is -0.0170. The van der Waals surface area contributed by atoms with Gasteiger partial charge in [0, 0.05) is 11.1 Å². The van der Waals surface area contributed by atoms with Gasteiger partial charge in [-0.15, -0.1) is 10.2 Å². The summed E-state index contributed by atoms with van der Waals surface area (Å²) in [6.07, 6.45) is 10.4. The van der Waals surface area contributed by atoms with Crippen molar-refractivity contribution >= 4 is 11.6 Å². The first kappa shape index (κ1) is 16.8. The van der Waals surface area contributed by atoms with Crippen LogP contribution in [0, 0.1) is 0 Å². The quantitative estimate of drug-likeness (QED) is 0.709. The lowest BCUT2D eigenvalue weighted by Gasteiger charge is -2.07. The second kappa shape index (κ2) is 6.95. The Morgan fingerprint density at radius 1 is 1.26 bits per heavy atom. The maximum Gasteiger partial charge on any atom is 0.270 e. The van der Waals surface area contributed by atoms with E-state index in [9.17, 15) is 4.79 Å². The summed E-state index contributed by atoms with van der Waals surface area (Å²) in [6, 6.07) is 7.19. The molecule has 0 saturated heterocycles. The van der Waals surface area contributed by atoms with Crippen molar-refractivity contribution in [1.29, 1.82) is 0 Å². The van der Waals surface area contributed by atoms with Crippen LogP contribution >= 0.6 is 0 Å². The molecule has 134 valence electrons. The van der Waals surface area contributed by atoms with E-state index in [1.54, 1.807) is 24.4 Å². The van der Waals surface area contributed by atoms with E-state index >= 15 is 0 Å². The van der Waals surface area contributed by atoms with Gasteiger partial charge in [-0.3, -0.25) is 4.79 Å². The minimum absolute atomic E-state index is 0.0170. The summed E-state index contributed by atoms with van der Waals surface area (Å²) in [5, 5.41) is 8.22. The number of benzene rings is 1. The lowest BCUT2D eigenvalue weighted by molar-refractivity contribution is 0.101. The van der Waals surface area contributed by atoms with Gasteiger partial charge in [0.15, 0.2) is 17.3 Å². The number of rotatable bonds is 4. The van der Waals surface area contributed by atoms with Gasteiger partial charge in [-0.2, -0.15) is 0 Å². The second-order valence-corrected chi connectivity index (χ2v) is 6.23. The summed E-state index contributed by atoms with van der Waals surface area (Å²) in [7, 11) is 0. The molecule has 2 N–H and O–H groups in total. The van der Waals surface area contributed by atoms with Crippen LogP contribution in [0.3, 0.4) is 0 Å². The van der Waals surface area contributed by atoms with E-state index in [1.165, 1.54) is 6.92 Å². The van der Waals surface area contributed by atoms with E-state index in [4.69, 9.17) is 10.2 Å². The number of allylic oxidation sites excluding steroid dienone is 4. The molecule has 4 rings (SSSR count). The molecule has 1 aliphatic rings. The fourth-order valence-corrected chi connectivity index (χ4v) is 2.84. The van der Waals surface area contributed by atoms with Crippen LogP contribution in [-0.2, 0) is 0 Å². The van der Waals surface area contributed by atoms with Gasteiger partial charge >= 0.3 is 0 Å². The zero-order chi connectivity index (χ0) is 18.8. The molecule has 0 fully saturated rings. The predicted molar refractivity (Wildman–Crippen MR) is 101 cm³/mol. The number of anilines is 1. The molecule has 0 saturated carbocycles. The number of nitrogens with two attached hydrogens (primary N) is 1. The number of nitrogen functional groups attached to an aromatic ring is 1. The van der Waals surface area contributed by atoms with E-state index in [0.717, 1.165) is 12.0 Å². The average Bonchev–Trinajstić information content (AvgIpc) is 3.19. The van der Waals surface area contributed by atoms with E-state index in [-0.39, 0.29) is 23.4 Å². The third kappa shape index (κ3) is 3.39. The van der Waals surface area contributed by atoms with Crippen LogP contribution in [0.1, 0.15) is 35.5 Å². The first-order valence-corrected chi connectivity index (χ1v) is 8.53. The molecule has 0 spiro atoms. The van der Waals surface area contributed by atoms with E-state index < -0.39 is 0 Å². The fourth-order valence-electron chi connectivity index (χ4n) is 2.84. The Balaban J connectivity index is 1.70. The maximum absolute atomic E-state index is 11.6. The number of hydrogen-bond acceptors (Lipinski definition) is 7. The van der Waals surface area contributed by atoms with Gasteiger partial charge in [0.1, 0.15) is 0 Å². The first-order valence-electron chi connectivity index (χ1n) is 8.53. The molecule has 7 nitrogen and oxygen atoms in total. The van der Waals surface area contributed by atoms with Gasteiger partial charge in [-0.25, -0.2) is 9.97 Å². The number of carbonyl (C=O) groups excluding carboxylic acids is 1. The Morgan fingerprint density at radius 2 is 2.15 bits per heavy atom. The van der Waals surface area contributed by atoms with Crippen LogP contribution in [0.25, 0.3) is 22.8 Å². The normalized spacial score (nSPS) is 15.8. The van der Waals surface area contributed by atoms with Crippen molar-refractivity contribution in [2.24, 2.45) is 0 Å². The highest BCUT2D eigenvalue weighted by Gasteiger charge is 2.20. The molecular formula is C20H17N5O2. The SMILES string of the molecule is CC(=O)c1cccc(-c2cnc(N)c(-c3nnc(C4C=CC=CC4)o3)n2)c1. The summed E-state index contributed by atoms with van der Waals surface area (Å²) >= 11 is 0. The van der Waals surface area contributed by atoms with Crippen molar-refractivity contribution in [2.75, 3.05) is 5.73 Å². The lowest BCUT2D eigenvalue weighted by Crippen LogP contribution is -2.00. The standard InChI is InChI=1S/C20H17N5O2/c1-12(26)14-8-5-9-15(10-14)16-11-22-18(21)17(23-16)20-25-24-19(27-20)13-6-3-2-4-7-13/h2-6,8-11,13H,7H2,1H3,(H2,21,22). The number of ketones is 1. The predicted octanol–water partition coefficient (Wildman–Crippen LogP) is 3.58. The number of hydrogen-bond donors (Lipinski definition) is 1. The molecule has 2 aromatic heterocycles. The molecule has 1 unspecified atom stereocenters. The van der Waals surface area contributed by atoms with Crippen LogP contribution in [-0.4, -0.2) is 25.9 Å². The molecule has 0 aliphatic heterocycles. The Labute approximate surface area is 155 Å². The molecule has 2 heterocycles. The van der Waals surface area contributed by atoms with Crippen LogP contribution in [0.4, 0.5) is 5.82 Å². The van der Waals surface area contributed by atoms with E-state index in [1.807, 2.05) is 30.4 Å². The van der Waals surface area contributed by atoms with Crippen LogP contribution in [0.2, 0.25) is 0 Å². The van der Waals surface area contributed by atoms with Crippen molar-refractivity contribution < 1.29 is 9.21 Å². The monoisotopic (exact) mass is 359 g/mol. The molecule has 0 amide bonds. The molecule has 1 atom stereocenters. The van der Waals surface area contributed by atoms with Gasteiger partial charge < -0.3 is 10.2 Å². The van der Waals surface area contributed by atoms with Gasteiger partial charge in [0.25, 0.3) is 5.89 Å². The van der Waals surface area contributed by atoms with Crippen LogP contribution in [0.5, 0.6) is 0 Å². The zero-order valence-electron chi connectivity index (χ0n) is 14.7. The number of nitrogens with zero attached hydrogens (tertiary/aromatic N) is 4. The number of aromatic nitrogens is 4. The third-order valence-electron chi connectivity index (χ3n) is 4.31. The largest absolute Gasteiger partial charge is 0.419 e. The van der Waals surface area contributed by atoms with Crippen molar-refractivity contribution in [3.8, 4) is 22.8 Å². The lowest BCUT2D eigenvalue weighted by atomic mass is 10.0. The topological polar surface area (TPSA) is 108 Å². The highest BCUT2D eigenvalue weighted by atomic mass is 16.4. The molecule has 27 heavy (non-hydrogen) atoms. The Hall–Kier alpha value is -3.61. The molecule has 3 aromatic rings. The van der Waals surface area contributed by atoms with E-state index in [0.29, 0.717) is 22.8 Å². The van der Waals surface area contributed by atoms with Crippen molar-refractivity contribution in [3.63, 3.8) is 0 Å². The molecule has 0 radical (unpaired) electrons. The van der Waals surface area contributed by atoms with E-state index in [2.05, 4.69) is 20.2 Å². The van der Waals surface area contributed by atoms with Crippen molar-refractivity contribution in [1.82, 2.24) is 20.2 Å². The number of carbonyl (C=O) groups is 1. The van der Waals surface area contributed by atoms with Gasteiger partial charge in [0.2, 0.25) is 5.89 Å². The Kier molecular flexibility index (Phi) is 4.33. The molecule has 0 bridgehead atoms. The van der Waals surface area contributed by atoms with Crippen LogP contribution < -0.4 is 5.73 Å². The summed E-state index contributed by atoms with van der Waals surface area (Å²) in [4.78, 5) is 20.4. The average molecular weight is 359 g/mol. The minimum Gasteiger partial charge on any atom is -0.419 e.